The number of carbonyl (C=O) groups excluding carboxylic acids is 2. The first kappa shape index (κ1) is 24.7. The number of carbonyl (C=O) groups is 2. The van der Waals surface area contributed by atoms with Crippen LogP contribution in [-0.4, -0.2) is 54.0 Å². The van der Waals surface area contributed by atoms with Crippen LogP contribution in [0.15, 0.2) is 87.3 Å². The first-order chi connectivity index (χ1) is 16.7. The lowest BCUT2D eigenvalue weighted by Crippen LogP contribution is -2.33. The second-order valence-corrected chi connectivity index (χ2v) is 11.2. The van der Waals surface area contributed by atoms with E-state index in [4.69, 9.17) is 4.42 Å². The third-order valence-corrected chi connectivity index (χ3v) is 8.15. The van der Waals surface area contributed by atoms with Crippen LogP contribution in [0, 0.1) is 0 Å². The minimum absolute atomic E-state index is 0.0406. The van der Waals surface area contributed by atoms with Crippen molar-refractivity contribution in [1.29, 1.82) is 0 Å². The molecule has 1 fully saturated rings. The fourth-order valence-electron chi connectivity index (χ4n) is 3.37. The number of nitrogens with one attached hydrogen (secondary N) is 1. The first-order valence-electron chi connectivity index (χ1n) is 10.7. The molecule has 35 heavy (non-hydrogen) atoms. The fraction of sp³-hybridized carbons (Fsp3) is 0.208. The van der Waals surface area contributed by atoms with E-state index in [1.165, 1.54) is 49.2 Å². The summed E-state index contributed by atoms with van der Waals surface area (Å²) in [5.41, 5.74) is 1.02. The van der Waals surface area contributed by atoms with Gasteiger partial charge in [-0.15, -0.1) is 0 Å². The average Bonchev–Trinajstić information content (AvgIpc) is 3.44. The number of hydrogen-bond donors (Lipinski definition) is 1. The molecule has 4 rings (SSSR count). The van der Waals surface area contributed by atoms with Crippen molar-refractivity contribution >= 4 is 50.1 Å². The Morgan fingerprint density at radius 1 is 1.11 bits per heavy atom. The molecule has 0 unspecified atom stereocenters. The summed E-state index contributed by atoms with van der Waals surface area (Å²) in [6.07, 6.45) is 1.47. The summed E-state index contributed by atoms with van der Waals surface area (Å²) >= 11 is 1.17. The summed E-state index contributed by atoms with van der Waals surface area (Å²) in [4.78, 5) is 32.0. The quantitative estimate of drug-likeness (QED) is 0.493. The van der Waals surface area contributed by atoms with Crippen LogP contribution in [0.5, 0.6) is 0 Å². The molecule has 1 N–H and O–H groups in total. The number of para-hydroxylation sites is 1. The van der Waals surface area contributed by atoms with Gasteiger partial charge in [0.2, 0.25) is 21.8 Å². The highest BCUT2D eigenvalue weighted by Crippen LogP contribution is 2.33. The normalized spacial score (nSPS) is 17.3. The Morgan fingerprint density at radius 2 is 1.89 bits per heavy atom. The predicted molar refractivity (Wildman–Crippen MR) is 135 cm³/mol. The third kappa shape index (κ3) is 5.81. The maximum absolute atomic E-state index is 13.2. The van der Waals surface area contributed by atoms with Crippen molar-refractivity contribution in [2.75, 3.05) is 19.4 Å². The lowest BCUT2D eigenvalue weighted by Gasteiger charge is -2.15. The van der Waals surface area contributed by atoms with Gasteiger partial charge in [0.1, 0.15) is 11.0 Å². The molecule has 1 atom stereocenters. The van der Waals surface area contributed by atoms with Crippen molar-refractivity contribution in [3.63, 3.8) is 0 Å². The van der Waals surface area contributed by atoms with Crippen LogP contribution in [0.4, 0.5) is 11.4 Å². The molecule has 11 heteroatoms. The van der Waals surface area contributed by atoms with Crippen LogP contribution in [0.2, 0.25) is 0 Å². The summed E-state index contributed by atoms with van der Waals surface area (Å²) in [7, 11) is -0.738. The Labute approximate surface area is 207 Å². The SMILES string of the molecule is CN(C)S(=O)(=O)c1cccc(N=C2S[C@H](CC(=O)Nc3ccccc3)C(=O)N2Cc2ccco2)c1. The first-order valence-corrected chi connectivity index (χ1v) is 13.0. The number of benzene rings is 2. The van der Waals surface area contributed by atoms with Crippen LogP contribution in [0.1, 0.15) is 12.2 Å². The van der Waals surface area contributed by atoms with E-state index in [0.29, 0.717) is 22.3 Å². The number of furan rings is 1. The van der Waals surface area contributed by atoms with Gasteiger partial charge in [0.15, 0.2) is 5.17 Å². The van der Waals surface area contributed by atoms with Crippen LogP contribution in [-0.2, 0) is 26.2 Å². The molecule has 1 saturated heterocycles. The van der Waals surface area contributed by atoms with Crippen LogP contribution in [0.3, 0.4) is 0 Å². The van der Waals surface area contributed by atoms with Crippen LogP contribution in [0.25, 0.3) is 0 Å². The lowest BCUT2D eigenvalue weighted by atomic mass is 10.2. The van der Waals surface area contributed by atoms with Gasteiger partial charge < -0.3 is 9.73 Å². The molecule has 0 bridgehead atoms. The summed E-state index contributed by atoms with van der Waals surface area (Å²) in [5.74, 6) is -0.00396. The van der Waals surface area contributed by atoms with E-state index >= 15 is 0 Å². The molecule has 0 radical (unpaired) electrons. The maximum atomic E-state index is 13.2. The summed E-state index contributed by atoms with van der Waals surface area (Å²) in [6, 6.07) is 18.7. The van der Waals surface area contributed by atoms with E-state index in [2.05, 4.69) is 10.3 Å². The van der Waals surface area contributed by atoms with Gasteiger partial charge in [-0.25, -0.2) is 17.7 Å². The van der Waals surface area contributed by atoms with Gasteiger partial charge in [-0.3, -0.25) is 14.5 Å². The molecular formula is C24H24N4O5S2. The minimum Gasteiger partial charge on any atom is -0.467 e. The topological polar surface area (TPSA) is 112 Å². The van der Waals surface area contributed by atoms with E-state index in [1.54, 1.807) is 36.4 Å². The van der Waals surface area contributed by atoms with Gasteiger partial charge in [0.05, 0.1) is 23.4 Å². The van der Waals surface area contributed by atoms with Crippen molar-refractivity contribution in [2.24, 2.45) is 4.99 Å². The fourth-order valence-corrected chi connectivity index (χ4v) is 5.46. The Hall–Kier alpha value is -3.41. The van der Waals surface area contributed by atoms with Gasteiger partial charge in [0, 0.05) is 26.2 Å². The number of aliphatic imine (C=N–C) groups is 1. The maximum Gasteiger partial charge on any atom is 0.243 e. The van der Waals surface area contributed by atoms with Crippen molar-refractivity contribution in [1.82, 2.24) is 9.21 Å². The number of sulfonamides is 1. The molecule has 182 valence electrons. The number of amides is 2. The largest absolute Gasteiger partial charge is 0.467 e. The van der Waals surface area contributed by atoms with Crippen molar-refractivity contribution in [3.8, 4) is 0 Å². The zero-order valence-corrected chi connectivity index (χ0v) is 20.8. The monoisotopic (exact) mass is 512 g/mol. The number of nitrogens with zero attached hydrogens (tertiary/aromatic N) is 3. The van der Waals surface area contributed by atoms with Gasteiger partial charge in [-0.2, -0.15) is 0 Å². The molecule has 1 aliphatic rings. The highest BCUT2D eigenvalue weighted by Gasteiger charge is 2.39. The number of thioether (sulfide) groups is 1. The van der Waals surface area contributed by atoms with Crippen LogP contribution < -0.4 is 5.32 Å². The minimum atomic E-state index is -3.65. The van der Waals surface area contributed by atoms with Gasteiger partial charge in [-0.05, 0) is 42.5 Å². The third-order valence-electron chi connectivity index (χ3n) is 5.16. The summed E-state index contributed by atoms with van der Waals surface area (Å²) in [6.45, 7) is 0.143. The number of anilines is 1. The molecule has 2 heterocycles. The molecule has 0 spiro atoms. The second-order valence-electron chi connectivity index (χ2n) is 7.91. The average molecular weight is 513 g/mol. The standard InChI is InChI=1S/C24H24N4O5S2/c1-27(2)35(31,32)20-12-6-10-18(14-20)26-24-28(16-19-11-7-13-33-19)23(30)21(34-24)15-22(29)25-17-8-4-3-5-9-17/h3-14,21H,15-16H2,1-2H3,(H,25,29)/t21-/m1/s1. The number of hydrogen-bond acceptors (Lipinski definition) is 7. The summed E-state index contributed by atoms with van der Waals surface area (Å²) < 4.78 is 31.6. The molecule has 0 aliphatic carbocycles. The molecule has 1 aliphatic heterocycles. The van der Waals surface area contributed by atoms with Crippen LogP contribution >= 0.6 is 11.8 Å². The molecule has 9 nitrogen and oxygen atoms in total. The van der Waals surface area contributed by atoms with E-state index in [1.807, 2.05) is 18.2 Å². The molecule has 0 saturated carbocycles. The predicted octanol–water partition coefficient (Wildman–Crippen LogP) is 3.69. The Kier molecular flexibility index (Phi) is 7.39. The van der Waals surface area contributed by atoms with Gasteiger partial charge >= 0.3 is 0 Å². The van der Waals surface area contributed by atoms with Gasteiger partial charge in [-0.1, -0.05) is 36.0 Å². The van der Waals surface area contributed by atoms with Crippen molar-refractivity contribution in [3.05, 3.63) is 78.8 Å². The van der Waals surface area contributed by atoms with Gasteiger partial charge in [0.25, 0.3) is 0 Å². The lowest BCUT2D eigenvalue weighted by molar-refractivity contribution is -0.128. The Bertz CT molecular complexity index is 1340. The highest BCUT2D eigenvalue weighted by atomic mass is 32.2. The highest BCUT2D eigenvalue weighted by molar-refractivity contribution is 8.15. The van der Waals surface area contributed by atoms with Crippen molar-refractivity contribution in [2.45, 2.75) is 23.1 Å². The van der Waals surface area contributed by atoms with E-state index in [-0.39, 0.29) is 29.7 Å². The molecule has 1 aromatic heterocycles. The molecule has 2 amide bonds. The number of rotatable bonds is 8. The zero-order valence-electron chi connectivity index (χ0n) is 19.1. The second kappa shape index (κ2) is 10.5. The summed E-state index contributed by atoms with van der Waals surface area (Å²) in [5, 5.41) is 2.48. The Morgan fingerprint density at radius 3 is 2.57 bits per heavy atom. The van der Waals surface area contributed by atoms with E-state index in [0.717, 1.165) is 4.31 Å². The number of amidine groups is 1. The zero-order chi connectivity index (χ0) is 25.0. The van der Waals surface area contributed by atoms with E-state index < -0.39 is 15.3 Å². The Balaban J connectivity index is 1.59. The molecule has 3 aromatic rings. The smallest absolute Gasteiger partial charge is 0.243 e. The van der Waals surface area contributed by atoms with E-state index in [9.17, 15) is 18.0 Å². The molecular weight excluding hydrogens is 488 g/mol. The van der Waals surface area contributed by atoms with Crippen molar-refractivity contribution < 1.29 is 22.4 Å². The molecule has 2 aromatic carbocycles.